The molecule has 0 aliphatic rings. The van der Waals surface area contributed by atoms with Gasteiger partial charge >= 0.3 is 0 Å². The summed E-state index contributed by atoms with van der Waals surface area (Å²) in [7, 11) is 0. The lowest BCUT2D eigenvalue weighted by Gasteiger charge is -2.26. The SMILES string of the molecule is CCC(CC)C(C)NC(C)c1sccc1C. The Balaban J connectivity index is 2.57. The van der Waals surface area contributed by atoms with Crippen LogP contribution in [0.25, 0.3) is 0 Å². The highest BCUT2D eigenvalue weighted by atomic mass is 32.1. The van der Waals surface area contributed by atoms with Gasteiger partial charge in [0.15, 0.2) is 0 Å². The van der Waals surface area contributed by atoms with E-state index in [0.29, 0.717) is 12.1 Å². The van der Waals surface area contributed by atoms with Crippen LogP contribution in [0.3, 0.4) is 0 Å². The highest BCUT2D eigenvalue weighted by Gasteiger charge is 2.17. The Kier molecular flexibility index (Phi) is 5.50. The van der Waals surface area contributed by atoms with E-state index in [4.69, 9.17) is 0 Å². The minimum Gasteiger partial charge on any atom is -0.307 e. The molecule has 0 saturated heterocycles. The summed E-state index contributed by atoms with van der Waals surface area (Å²) in [6.07, 6.45) is 2.53. The predicted octanol–water partition coefficient (Wildman–Crippen LogP) is 4.53. The van der Waals surface area contributed by atoms with Crippen LogP contribution in [0.2, 0.25) is 0 Å². The van der Waals surface area contributed by atoms with E-state index < -0.39 is 0 Å². The first-order valence-electron chi connectivity index (χ1n) is 6.40. The molecular formula is C14H25NS. The maximum atomic E-state index is 3.74. The third-order valence-electron chi connectivity index (χ3n) is 3.56. The molecule has 2 heteroatoms. The number of hydrogen-bond acceptors (Lipinski definition) is 2. The lowest BCUT2D eigenvalue weighted by atomic mass is 9.95. The molecule has 92 valence electrons. The quantitative estimate of drug-likeness (QED) is 0.769. The van der Waals surface area contributed by atoms with E-state index in [2.05, 4.69) is 51.4 Å². The molecule has 0 saturated carbocycles. The molecule has 16 heavy (non-hydrogen) atoms. The predicted molar refractivity (Wildman–Crippen MR) is 74.1 cm³/mol. The molecule has 1 nitrogen and oxygen atoms in total. The van der Waals surface area contributed by atoms with Crippen molar-refractivity contribution in [3.63, 3.8) is 0 Å². The second kappa shape index (κ2) is 6.41. The fraction of sp³-hybridized carbons (Fsp3) is 0.714. The lowest BCUT2D eigenvalue weighted by molar-refractivity contribution is 0.331. The van der Waals surface area contributed by atoms with Gasteiger partial charge in [0, 0.05) is 17.0 Å². The monoisotopic (exact) mass is 239 g/mol. The van der Waals surface area contributed by atoms with Crippen LogP contribution in [0.4, 0.5) is 0 Å². The van der Waals surface area contributed by atoms with Gasteiger partial charge in [0.2, 0.25) is 0 Å². The zero-order valence-corrected chi connectivity index (χ0v) is 12.0. The summed E-state index contributed by atoms with van der Waals surface area (Å²) in [5.74, 6) is 0.794. The van der Waals surface area contributed by atoms with Crippen LogP contribution in [-0.2, 0) is 0 Å². The number of rotatable bonds is 6. The molecule has 0 spiro atoms. The first kappa shape index (κ1) is 13.7. The van der Waals surface area contributed by atoms with Gasteiger partial charge in [-0.25, -0.2) is 0 Å². The molecule has 0 aliphatic heterocycles. The second-order valence-corrected chi connectivity index (χ2v) is 5.67. The zero-order chi connectivity index (χ0) is 12.1. The summed E-state index contributed by atoms with van der Waals surface area (Å²) in [5, 5.41) is 5.92. The summed E-state index contributed by atoms with van der Waals surface area (Å²) in [6, 6.07) is 3.29. The molecule has 1 aromatic heterocycles. The second-order valence-electron chi connectivity index (χ2n) is 4.72. The highest BCUT2D eigenvalue weighted by molar-refractivity contribution is 7.10. The summed E-state index contributed by atoms with van der Waals surface area (Å²) in [6.45, 7) is 11.4. The van der Waals surface area contributed by atoms with Crippen molar-refractivity contribution >= 4 is 11.3 Å². The van der Waals surface area contributed by atoms with Crippen LogP contribution in [0, 0.1) is 12.8 Å². The Hall–Kier alpha value is -0.340. The van der Waals surface area contributed by atoms with Gasteiger partial charge in [-0.2, -0.15) is 0 Å². The molecule has 0 radical (unpaired) electrons. The standard InChI is InChI=1S/C14H25NS/c1-6-13(7-2)11(4)15-12(5)14-10(3)8-9-16-14/h8-9,11-13,15H,6-7H2,1-5H3. The average Bonchev–Trinajstić information content (AvgIpc) is 2.66. The average molecular weight is 239 g/mol. The first-order valence-corrected chi connectivity index (χ1v) is 7.28. The highest BCUT2D eigenvalue weighted by Crippen LogP contribution is 2.25. The summed E-state index contributed by atoms with van der Waals surface area (Å²) < 4.78 is 0. The smallest absolute Gasteiger partial charge is 0.0390 e. The van der Waals surface area contributed by atoms with Crippen molar-refractivity contribution in [1.29, 1.82) is 0 Å². The van der Waals surface area contributed by atoms with Gasteiger partial charge in [0.05, 0.1) is 0 Å². The van der Waals surface area contributed by atoms with Crippen LogP contribution in [0.15, 0.2) is 11.4 Å². The normalized spacial score (nSPS) is 15.4. The number of hydrogen-bond donors (Lipinski definition) is 1. The molecule has 1 N–H and O–H groups in total. The maximum absolute atomic E-state index is 3.74. The molecule has 0 aliphatic carbocycles. The van der Waals surface area contributed by atoms with Crippen molar-refractivity contribution in [3.8, 4) is 0 Å². The van der Waals surface area contributed by atoms with Crippen molar-refractivity contribution < 1.29 is 0 Å². The summed E-state index contributed by atoms with van der Waals surface area (Å²) in [5.41, 5.74) is 1.42. The lowest BCUT2D eigenvalue weighted by Crippen LogP contribution is -2.34. The summed E-state index contributed by atoms with van der Waals surface area (Å²) >= 11 is 1.86. The Bertz CT molecular complexity index is 301. The fourth-order valence-corrected chi connectivity index (χ4v) is 3.37. The third kappa shape index (κ3) is 3.33. The van der Waals surface area contributed by atoms with Crippen LogP contribution in [-0.4, -0.2) is 6.04 Å². The molecule has 1 heterocycles. The van der Waals surface area contributed by atoms with Gasteiger partial charge in [0.25, 0.3) is 0 Å². The van der Waals surface area contributed by atoms with Crippen LogP contribution in [0.5, 0.6) is 0 Å². The number of nitrogens with one attached hydrogen (secondary N) is 1. The maximum Gasteiger partial charge on any atom is 0.0390 e. The van der Waals surface area contributed by atoms with Crippen molar-refractivity contribution in [2.45, 2.75) is 59.5 Å². The van der Waals surface area contributed by atoms with Gasteiger partial charge in [-0.05, 0) is 43.7 Å². The third-order valence-corrected chi connectivity index (χ3v) is 4.77. The number of aryl methyl sites for hydroxylation is 1. The molecule has 1 rings (SSSR count). The minimum absolute atomic E-state index is 0.482. The van der Waals surface area contributed by atoms with E-state index in [1.54, 1.807) is 0 Å². The van der Waals surface area contributed by atoms with E-state index in [1.165, 1.54) is 23.3 Å². The molecule has 0 fully saturated rings. The zero-order valence-electron chi connectivity index (χ0n) is 11.2. The van der Waals surface area contributed by atoms with Crippen molar-refractivity contribution in [2.24, 2.45) is 5.92 Å². The Labute approximate surface area is 104 Å². The molecule has 1 aromatic rings. The van der Waals surface area contributed by atoms with Gasteiger partial charge in [0.1, 0.15) is 0 Å². The van der Waals surface area contributed by atoms with Gasteiger partial charge in [-0.3, -0.25) is 0 Å². The van der Waals surface area contributed by atoms with E-state index in [0.717, 1.165) is 5.92 Å². The Morgan fingerprint density at radius 3 is 2.31 bits per heavy atom. The van der Waals surface area contributed by atoms with E-state index in [-0.39, 0.29) is 0 Å². The number of thiophene rings is 1. The van der Waals surface area contributed by atoms with E-state index in [9.17, 15) is 0 Å². The van der Waals surface area contributed by atoms with Crippen LogP contribution < -0.4 is 5.32 Å². The molecule has 0 bridgehead atoms. The Morgan fingerprint density at radius 1 is 1.25 bits per heavy atom. The molecule has 0 aromatic carbocycles. The van der Waals surface area contributed by atoms with Gasteiger partial charge < -0.3 is 5.32 Å². The van der Waals surface area contributed by atoms with Gasteiger partial charge in [-0.15, -0.1) is 11.3 Å². The van der Waals surface area contributed by atoms with Crippen molar-refractivity contribution in [2.75, 3.05) is 0 Å². The van der Waals surface area contributed by atoms with Crippen LogP contribution >= 0.6 is 11.3 Å². The van der Waals surface area contributed by atoms with E-state index >= 15 is 0 Å². The van der Waals surface area contributed by atoms with Crippen molar-refractivity contribution in [1.82, 2.24) is 5.32 Å². The molecule has 2 atom stereocenters. The molecular weight excluding hydrogens is 214 g/mol. The topological polar surface area (TPSA) is 12.0 Å². The first-order chi connectivity index (χ1) is 7.60. The van der Waals surface area contributed by atoms with Crippen LogP contribution in [0.1, 0.15) is 57.0 Å². The minimum atomic E-state index is 0.482. The Morgan fingerprint density at radius 2 is 1.88 bits per heavy atom. The van der Waals surface area contributed by atoms with Gasteiger partial charge in [-0.1, -0.05) is 26.7 Å². The largest absolute Gasteiger partial charge is 0.307 e. The summed E-state index contributed by atoms with van der Waals surface area (Å²) in [4.78, 5) is 1.48. The van der Waals surface area contributed by atoms with Crippen molar-refractivity contribution in [3.05, 3.63) is 21.9 Å². The van der Waals surface area contributed by atoms with E-state index in [1.807, 2.05) is 11.3 Å². The fourth-order valence-electron chi connectivity index (χ4n) is 2.43. The molecule has 2 unspecified atom stereocenters. The molecule has 0 amide bonds.